The van der Waals surface area contributed by atoms with Crippen LogP contribution in [0.15, 0.2) is 18.3 Å². The first-order valence-electron chi connectivity index (χ1n) is 6.07. The van der Waals surface area contributed by atoms with Crippen LogP contribution in [0.1, 0.15) is 30.3 Å². The molecule has 5 nitrogen and oxygen atoms in total. The lowest BCUT2D eigenvalue weighted by Gasteiger charge is -2.36. The number of aliphatic carboxylic acids is 1. The van der Waals surface area contributed by atoms with Gasteiger partial charge in [-0.25, -0.2) is 9.37 Å². The van der Waals surface area contributed by atoms with Crippen molar-refractivity contribution in [2.45, 2.75) is 19.8 Å². The number of aromatic nitrogens is 1. The highest BCUT2D eigenvalue weighted by Crippen LogP contribution is 2.31. The molecule has 0 radical (unpaired) electrons. The van der Waals surface area contributed by atoms with Gasteiger partial charge in [0.05, 0.1) is 11.6 Å². The number of hydrogen-bond donors (Lipinski definition) is 1. The van der Waals surface area contributed by atoms with E-state index in [9.17, 15) is 14.0 Å². The molecule has 0 bridgehead atoms. The molecule has 1 fully saturated rings. The molecule has 0 unspecified atom stereocenters. The number of carboxylic acids is 1. The quantitative estimate of drug-likeness (QED) is 0.881. The molecule has 2 heterocycles. The van der Waals surface area contributed by atoms with Crippen LogP contribution in [0.25, 0.3) is 0 Å². The van der Waals surface area contributed by atoms with Crippen molar-refractivity contribution < 1.29 is 19.1 Å². The van der Waals surface area contributed by atoms with Crippen molar-refractivity contribution in [2.75, 3.05) is 13.1 Å². The van der Waals surface area contributed by atoms with Gasteiger partial charge in [0.15, 0.2) is 0 Å². The molecule has 1 amide bonds. The Morgan fingerprint density at radius 1 is 1.37 bits per heavy atom. The lowest BCUT2D eigenvalue weighted by Crippen LogP contribution is -2.45. The average molecular weight is 266 g/mol. The molecule has 2 rings (SSSR count). The van der Waals surface area contributed by atoms with Crippen molar-refractivity contribution in [1.82, 2.24) is 9.88 Å². The summed E-state index contributed by atoms with van der Waals surface area (Å²) in [5.74, 6) is -1.61. The zero-order valence-electron chi connectivity index (χ0n) is 10.6. The Kier molecular flexibility index (Phi) is 3.50. The number of rotatable bonds is 2. The van der Waals surface area contributed by atoms with E-state index >= 15 is 0 Å². The molecular formula is C13H15FN2O3. The van der Waals surface area contributed by atoms with E-state index in [0.29, 0.717) is 25.9 Å². The highest BCUT2D eigenvalue weighted by atomic mass is 19.1. The number of hydrogen-bond acceptors (Lipinski definition) is 3. The van der Waals surface area contributed by atoms with E-state index in [0.717, 1.165) is 6.20 Å². The minimum atomic E-state index is -0.834. The van der Waals surface area contributed by atoms with Gasteiger partial charge in [0.1, 0.15) is 11.5 Å². The van der Waals surface area contributed by atoms with E-state index in [1.807, 2.05) is 0 Å². The molecule has 102 valence electrons. The lowest BCUT2D eigenvalue weighted by molar-refractivity contribution is -0.150. The van der Waals surface area contributed by atoms with Crippen LogP contribution in [0.3, 0.4) is 0 Å². The summed E-state index contributed by atoms with van der Waals surface area (Å²) in [5, 5.41) is 9.11. The van der Waals surface area contributed by atoms with Gasteiger partial charge in [-0.2, -0.15) is 0 Å². The van der Waals surface area contributed by atoms with Gasteiger partial charge in [-0.05, 0) is 31.9 Å². The monoisotopic (exact) mass is 266 g/mol. The summed E-state index contributed by atoms with van der Waals surface area (Å²) >= 11 is 0. The van der Waals surface area contributed by atoms with Gasteiger partial charge in [0.25, 0.3) is 5.91 Å². The van der Waals surface area contributed by atoms with Gasteiger partial charge < -0.3 is 10.0 Å². The standard InChI is InChI=1S/C13H15FN2O3/c1-13(12(18)19)4-6-16(7-5-13)11(17)10-3-2-9(14)8-15-10/h2-3,8H,4-7H2,1H3,(H,18,19). The Hall–Kier alpha value is -1.98. The van der Waals surface area contributed by atoms with Crippen molar-refractivity contribution in [3.05, 3.63) is 29.8 Å². The minimum Gasteiger partial charge on any atom is -0.481 e. The Labute approximate surface area is 110 Å². The second-order valence-electron chi connectivity index (χ2n) is 5.02. The molecule has 0 aromatic carbocycles. The van der Waals surface area contributed by atoms with Crippen LogP contribution >= 0.6 is 0 Å². The largest absolute Gasteiger partial charge is 0.481 e. The Morgan fingerprint density at radius 3 is 2.47 bits per heavy atom. The van der Waals surface area contributed by atoms with Gasteiger partial charge in [-0.15, -0.1) is 0 Å². The number of halogens is 1. The zero-order valence-corrected chi connectivity index (χ0v) is 10.6. The fraction of sp³-hybridized carbons (Fsp3) is 0.462. The number of carbonyl (C=O) groups is 2. The minimum absolute atomic E-state index is 0.181. The van der Waals surface area contributed by atoms with E-state index < -0.39 is 17.2 Å². The maximum absolute atomic E-state index is 12.7. The molecular weight excluding hydrogens is 251 g/mol. The summed E-state index contributed by atoms with van der Waals surface area (Å²) in [6, 6.07) is 2.52. The first-order chi connectivity index (χ1) is 8.92. The number of piperidine rings is 1. The first-order valence-corrected chi connectivity index (χ1v) is 6.07. The molecule has 19 heavy (non-hydrogen) atoms. The number of pyridine rings is 1. The third-order valence-corrected chi connectivity index (χ3v) is 3.62. The Morgan fingerprint density at radius 2 is 2.00 bits per heavy atom. The second kappa shape index (κ2) is 4.95. The van der Waals surface area contributed by atoms with Gasteiger partial charge in [0.2, 0.25) is 0 Å². The van der Waals surface area contributed by atoms with E-state index in [1.54, 1.807) is 11.8 Å². The topological polar surface area (TPSA) is 70.5 Å². The summed E-state index contributed by atoms with van der Waals surface area (Å²) in [6.45, 7) is 2.44. The average Bonchev–Trinajstić information content (AvgIpc) is 2.39. The summed E-state index contributed by atoms with van der Waals surface area (Å²) in [7, 11) is 0. The summed E-state index contributed by atoms with van der Waals surface area (Å²) < 4.78 is 12.7. The molecule has 0 spiro atoms. The molecule has 1 N–H and O–H groups in total. The maximum Gasteiger partial charge on any atom is 0.309 e. The fourth-order valence-electron chi connectivity index (χ4n) is 2.08. The van der Waals surface area contributed by atoms with E-state index in [4.69, 9.17) is 5.11 Å². The van der Waals surface area contributed by atoms with Gasteiger partial charge >= 0.3 is 5.97 Å². The number of likely N-dealkylation sites (tertiary alicyclic amines) is 1. The normalized spacial score (nSPS) is 18.1. The highest BCUT2D eigenvalue weighted by Gasteiger charge is 2.38. The molecule has 0 atom stereocenters. The molecule has 0 saturated carbocycles. The Balaban J connectivity index is 2.04. The lowest BCUT2D eigenvalue weighted by atomic mass is 9.80. The van der Waals surface area contributed by atoms with Crippen LogP contribution in [-0.4, -0.2) is 40.0 Å². The number of carboxylic acid groups (broad SMARTS) is 1. The van der Waals surface area contributed by atoms with Crippen LogP contribution in [0.4, 0.5) is 4.39 Å². The van der Waals surface area contributed by atoms with Gasteiger partial charge in [-0.1, -0.05) is 0 Å². The molecule has 6 heteroatoms. The van der Waals surface area contributed by atoms with Crippen LogP contribution in [-0.2, 0) is 4.79 Å². The number of carbonyl (C=O) groups excluding carboxylic acids is 1. The molecule has 1 saturated heterocycles. The Bertz CT molecular complexity index is 493. The summed E-state index contributed by atoms with van der Waals surface area (Å²) in [4.78, 5) is 28.5. The maximum atomic E-state index is 12.7. The van der Waals surface area contributed by atoms with Crippen molar-refractivity contribution in [1.29, 1.82) is 0 Å². The zero-order chi connectivity index (χ0) is 14.0. The third-order valence-electron chi connectivity index (χ3n) is 3.62. The molecule has 0 aliphatic carbocycles. The smallest absolute Gasteiger partial charge is 0.309 e. The molecule has 1 aromatic rings. The predicted molar refractivity (Wildman–Crippen MR) is 65.1 cm³/mol. The van der Waals surface area contributed by atoms with Crippen molar-refractivity contribution >= 4 is 11.9 Å². The predicted octanol–water partition coefficient (Wildman–Crippen LogP) is 1.55. The second-order valence-corrected chi connectivity index (χ2v) is 5.02. The van der Waals surface area contributed by atoms with Crippen LogP contribution in [0.2, 0.25) is 0 Å². The van der Waals surface area contributed by atoms with Gasteiger partial charge in [-0.3, -0.25) is 9.59 Å². The molecule has 1 aliphatic rings. The van der Waals surface area contributed by atoms with Gasteiger partial charge in [0, 0.05) is 13.1 Å². The number of nitrogens with zero attached hydrogens (tertiary/aromatic N) is 2. The van der Waals surface area contributed by atoms with E-state index in [2.05, 4.69) is 4.98 Å². The van der Waals surface area contributed by atoms with E-state index in [1.165, 1.54) is 12.1 Å². The van der Waals surface area contributed by atoms with Crippen molar-refractivity contribution in [3.8, 4) is 0 Å². The summed E-state index contributed by atoms with van der Waals surface area (Å²) in [5.41, 5.74) is -0.590. The summed E-state index contributed by atoms with van der Waals surface area (Å²) in [6.07, 6.45) is 1.82. The number of amides is 1. The van der Waals surface area contributed by atoms with Crippen LogP contribution in [0, 0.1) is 11.2 Å². The molecule has 1 aliphatic heterocycles. The highest BCUT2D eigenvalue weighted by molar-refractivity contribution is 5.92. The van der Waals surface area contributed by atoms with Crippen molar-refractivity contribution in [2.24, 2.45) is 5.41 Å². The van der Waals surface area contributed by atoms with Crippen molar-refractivity contribution in [3.63, 3.8) is 0 Å². The first kappa shape index (κ1) is 13.5. The van der Waals surface area contributed by atoms with Crippen LogP contribution < -0.4 is 0 Å². The SMILES string of the molecule is CC1(C(=O)O)CCN(C(=O)c2ccc(F)cn2)CC1. The van der Waals surface area contributed by atoms with E-state index in [-0.39, 0.29) is 11.6 Å². The molecule has 1 aromatic heterocycles. The third kappa shape index (κ3) is 2.72. The fourth-order valence-corrected chi connectivity index (χ4v) is 2.08. The van der Waals surface area contributed by atoms with Crippen LogP contribution in [0.5, 0.6) is 0 Å².